The van der Waals surface area contributed by atoms with Gasteiger partial charge < -0.3 is 9.64 Å². The second-order valence-electron chi connectivity index (χ2n) is 8.66. The lowest BCUT2D eigenvalue weighted by Crippen LogP contribution is -2.55. The molecule has 0 radical (unpaired) electrons. The minimum absolute atomic E-state index is 0.0528. The van der Waals surface area contributed by atoms with Crippen molar-refractivity contribution in [1.82, 2.24) is 19.7 Å². The number of likely N-dealkylation sites (tertiary alicyclic amines) is 1. The van der Waals surface area contributed by atoms with Crippen molar-refractivity contribution < 1.29 is 14.3 Å². The first-order valence-electron chi connectivity index (χ1n) is 10.2. The fourth-order valence-electron chi connectivity index (χ4n) is 3.94. The molecule has 2 amide bonds. The molecule has 0 aromatic carbocycles. The molecule has 2 fully saturated rings. The normalized spacial score (nSPS) is 22.2. The molecule has 0 bridgehead atoms. The summed E-state index contributed by atoms with van der Waals surface area (Å²) < 4.78 is 5.49. The highest BCUT2D eigenvalue weighted by Crippen LogP contribution is 2.25. The molecule has 1 aromatic rings. The van der Waals surface area contributed by atoms with Crippen molar-refractivity contribution in [1.29, 1.82) is 0 Å². The summed E-state index contributed by atoms with van der Waals surface area (Å²) in [6.45, 7) is 11.3. The Hall–Kier alpha value is -2.15. The number of ether oxygens (including phenoxy) is 1. The van der Waals surface area contributed by atoms with Crippen molar-refractivity contribution in [2.45, 2.75) is 58.2 Å². The highest BCUT2D eigenvalue weighted by atomic mass is 16.6. The van der Waals surface area contributed by atoms with Gasteiger partial charge in [-0.05, 0) is 52.2 Å². The minimum Gasteiger partial charge on any atom is -0.444 e. The molecule has 2 aliphatic rings. The molecule has 0 N–H and O–H groups in total. The van der Waals surface area contributed by atoms with Crippen LogP contribution in [0.15, 0.2) is 24.5 Å². The summed E-state index contributed by atoms with van der Waals surface area (Å²) in [5, 5.41) is 0. The molecule has 0 saturated carbocycles. The van der Waals surface area contributed by atoms with Gasteiger partial charge in [-0.2, -0.15) is 0 Å². The van der Waals surface area contributed by atoms with Gasteiger partial charge >= 0.3 is 6.09 Å². The fourth-order valence-corrected chi connectivity index (χ4v) is 3.94. The first-order chi connectivity index (χ1) is 13.3. The number of carbonyl (C=O) groups excluding carboxylic acids is 2. The van der Waals surface area contributed by atoms with Crippen molar-refractivity contribution >= 4 is 12.0 Å². The van der Waals surface area contributed by atoms with Gasteiger partial charge in [0.05, 0.1) is 0 Å². The van der Waals surface area contributed by atoms with E-state index in [1.54, 1.807) is 11.1 Å². The smallest absolute Gasteiger partial charge is 0.410 e. The lowest BCUT2D eigenvalue weighted by molar-refractivity contribution is -0.138. The van der Waals surface area contributed by atoms with E-state index >= 15 is 0 Å². The Morgan fingerprint density at radius 2 is 1.89 bits per heavy atom. The molecule has 2 saturated heterocycles. The molecule has 28 heavy (non-hydrogen) atoms. The van der Waals surface area contributed by atoms with Crippen LogP contribution in [0.3, 0.4) is 0 Å². The van der Waals surface area contributed by atoms with Gasteiger partial charge in [-0.25, -0.2) is 4.79 Å². The highest BCUT2D eigenvalue weighted by molar-refractivity contribution is 5.86. The number of rotatable bonds is 3. The lowest BCUT2D eigenvalue weighted by atomic mass is 10.1. The van der Waals surface area contributed by atoms with Crippen LogP contribution in [-0.4, -0.2) is 76.1 Å². The first-order valence-corrected chi connectivity index (χ1v) is 10.2. The van der Waals surface area contributed by atoms with Crippen LogP contribution < -0.4 is 0 Å². The average molecular weight is 389 g/mol. The standard InChI is InChI=1S/C21H32N4O3/c1-16(17-7-5-9-22-15-17)23-11-13-24(14-12-23)19(26)18-8-6-10-25(18)20(27)28-21(2,3)4/h5,7,9,15-16,18H,6,8,10-14H2,1-4H3. The van der Waals surface area contributed by atoms with Crippen LogP contribution in [0.5, 0.6) is 0 Å². The van der Waals surface area contributed by atoms with E-state index in [2.05, 4.69) is 22.9 Å². The third-order valence-electron chi connectivity index (χ3n) is 5.51. The van der Waals surface area contributed by atoms with Gasteiger partial charge in [-0.15, -0.1) is 0 Å². The van der Waals surface area contributed by atoms with E-state index < -0.39 is 11.6 Å². The van der Waals surface area contributed by atoms with E-state index in [1.165, 1.54) is 5.56 Å². The van der Waals surface area contributed by atoms with Crippen LogP contribution in [0, 0.1) is 0 Å². The average Bonchev–Trinajstić information content (AvgIpc) is 3.16. The van der Waals surface area contributed by atoms with Crippen molar-refractivity contribution in [2.24, 2.45) is 0 Å². The molecule has 0 spiro atoms. The van der Waals surface area contributed by atoms with Crippen molar-refractivity contribution in [3.63, 3.8) is 0 Å². The van der Waals surface area contributed by atoms with Crippen LogP contribution in [0.4, 0.5) is 4.79 Å². The van der Waals surface area contributed by atoms with Gasteiger partial charge in [0.25, 0.3) is 0 Å². The van der Waals surface area contributed by atoms with E-state index in [-0.39, 0.29) is 18.0 Å². The third-order valence-corrected chi connectivity index (χ3v) is 5.51. The van der Waals surface area contributed by atoms with Crippen molar-refractivity contribution in [2.75, 3.05) is 32.7 Å². The van der Waals surface area contributed by atoms with Crippen LogP contribution >= 0.6 is 0 Å². The Kier molecular flexibility index (Phi) is 6.23. The lowest BCUT2D eigenvalue weighted by Gasteiger charge is -2.39. The molecule has 2 aliphatic heterocycles. The molecule has 2 atom stereocenters. The molecule has 154 valence electrons. The van der Waals surface area contributed by atoms with Gasteiger partial charge in [0.2, 0.25) is 5.91 Å². The summed E-state index contributed by atoms with van der Waals surface area (Å²) in [5.74, 6) is 0.0528. The van der Waals surface area contributed by atoms with E-state index in [1.807, 2.05) is 37.9 Å². The zero-order chi connectivity index (χ0) is 20.3. The monoisotopic (exact) mass is 388 g/mol. The Morgan fingerprint density at radius 1 is 1.18 bits per heavy atom. The molecular weight excluding hydrogens is 356 g/mol. The second kappa shape index (κ2) is 8.47. The summed E-state index contributed by atoms with van der Waals surface area (Å²) in [6, 6.07) is 3.93. The van der Waals surface area contributed by atoms with Crippen LogP contribution in [0.25, 0.3) is 0 Å². The Labute approximate surface area is 167 Å². The summed E-state index contributed by atoms with van der Waals surface area (Å²) in [7, 11) is 0. The number of aromatic nitrogens is 1. The molecule has 7 heteroatoms. The third kappa shape index (κ3) is 4.82. The van der Waals surface area contributed by atoms with Crippen LogP contribution in [-0.2, 0) is 9.53 Å². The number of hydrogen-bond acceptors (Lipinski definition) is 5. The fraction of sp³-hybridized carbons (Fsp3) is 0.667. The topological polar surface area (TPSA) is 66.0 Å². The molecule has 2 unspecified atom stereocenters. The van der Waals surface area contributed by atoms with Gasteiger partial charge in [-0.1, -0.05) is 6.07 Å². The van der Waals surface area contributed by atoms with E-state index in [4.69, 9.17) is 4.74 Å². The quantitative estimate of drug-likeness (QED) is 0.796. The molecular formula is C21H32N4O3. The molecule has 1 aromatic heterocycles. The van der Waals surface area contributed by atoms with Gasteiger partial charge in [0, 0.05) is 51.2 Å². The number of carbonyl (C=O) groups is 2. The molecule has 3 rings (SSSR count). The number of amides is 2. The molecule has 0 aliphatic carbocycles. The SMILES string of the molecule is CC(c1cccnc1)N1CCN(C(=O)C2CCCN2C(=O)OC(C)(C)C)CC1. The number of nitrogens with zero attached hydrogens (tertiary/aromatic N) is 4. The Balaban J connectivity index is 1.56. The maximum absolute atomic E-state index is 13.1. The van der Waals surface area contributed by atoms with E-state index in [0.717, 1.165) is 19.5 Å². The predicted octanol–water partition coefficient (Wildman–Crippen LogP) is 2.69. The number of piperazine rings is 1. The maximum Gasteiger partial charge on any atom is 0.410 e. The van der Waals surface area contributed by atoms with E-state index in [9.17, 15) is 9.59 Å². The van der Waals surface area contributed by atoms with Gasteiger partial charge in [0.1, 0.15) is 11.6 Å². The zero-order valence-electron chi connectivity index (χ0n) is 17.4. The largest absolute Gasteiger partial charge is 0.444 e. The summed E-state index contributed by atoms with van der Waals surface area (Å²) >= 11 is 0. The predicted molar refractivity (Wildman–Crippen MR) is 107 cm³/mol. The van der Waals surface area contributed by atoms with E-state index in [0.29, 0.717) is 26.1 Å². The number of hydrogen-bond donors (Lipinski definition) is 0. The Morgan fingerprint density at radius 3 is 2.50 bits per heavy atom. The summed E-state index contributed by atoms with van der Waals surface area (Å²) in [6.07, 6.45) is 4.86. The van der Waals surface area contributed by atoms with Crippen molar-refractivity contribution in [3.05, 3.63) is 30.1 Å². The van der Waals surface area contributed by atoms with Gasteiger partial charge in [-0.3, -0.25) is 19.6 Å². The summed E-state index contributed by atoms with van der Waals surface area (Å²) in [4.78, 5) is 35.6. The maximum atomic E-state index is 13.1. The second-order valence-corrected chi connectivity index (χ2v) is 8.66. The van der Waals surface area contributed by atoms with Gasteiger partial charge in [0.15, 0.2) is 0 Å². The minimum atomic E-state index is -0.554. The number of pyridine rings is 1. The molecule has 3 heterocycles. The first kappa shape index (κ1) is 20.6. The zero-order valence-corrected chi connectivity index (χ0v) is 17.4. The Bertz CT molecular complexity index is 681. The van der Waals surface area contributed by atoms with Crippen LogP contribution in [0.2, 0.25) is 0 Å². The highest BCUT2D eigenvalue weighted by Gasteiger charge is 2.39. The van der Waals surface area contributed by atoms with Crippen LogP contribution in [0.1, 0.15) is 52.1 Å². The summed E-state index contributed by atoms with van der Waals surface area (Å²) in [5.41, 5.74) is 0.635. The van der Waals surface area contributed by atoms with Crippen molar-refractivity contribution in [3.8, 4) is 0 Å². The molecule has 7 nitrogen and oxygen atoms in total.